The minimum atomic E-state index is -0.673. The summed E-state index contributed by atoms with van der Waals surface area (Å²) >= 11 is 6.36. The van der Waals surface area contributed by atoms with Crippen molar-refractivity contribution in [3.8, 4) is 11.5 Å². The van der Waals surface area contributed by atoms with E-state index in [0.717, 1.165) is 0 Å². The van der Waals surface area contributed by atoms with Crippen LogP contribution in [0.3, 0.4) is 0 Å². The van der Waals surface area contributed by atoms with Gasteiger partial charge in [-0.05, 0) is 50.6 Å². The van der Waals surface area contributed by atoms with Crippen LogP contribution in [0, 0.1) is 10.1 Å². The molecule has 1 heterocycles. The molecule has 2 aromatic rings. The first-order valence-corrected chi connectivity index (χ1v) is 9.56. The van der Waals surface area contributed by atoms with Gasteiger partial charge in [-0.25, -0.2) is 9.79 Å². The fraction of sp³-hybridized carbons (Fsp3) is 0.238. The maximum Gasteiger partial charge on any atom is 0.363 e. The molecule has 1 aliphatic heterocycles. The highest BCUT2D eigenvalue weighted by atomic mass is 35.5. The van der Waals surface area contributed by atoms with Gasteiger partial charge >= 0.3 is 5.97 Å². The molecule has 0 atom stereocenters. The fourth-order valence-electron chi connectivity index (χ4n) is 2.73. The smallest absolute Gasteiger partial charge is 0.363 e. The van der Waals surface area contributed by atoms with Gasteiger partial charge in [-0.3, -0.25) is 10.1 Å². The molecule has 0 amide bonds. The van der Waals surface area contributed by atoms with E-state index in [1.54, 1.807) is 18.2 Å². The number of aliphatic imine (C=N–C) groups is 1. The van der Waals surface area contributed by atoms with Gasteiger partial charge in [0.05, 0.1) is 22.7 Å². The molecule has 0 saturated carbocycles. The van der Waals surface area contributed by atoms with Crippen LogP contribution >= 0.6 is 11.6 Å². The minimum absolute atomic E-state index is 0.00848. The Bertz CT molecular complexity index is 1060. The number of esters is 1. The monoisotopic (exact) mass is 430 g/mol. The maximum absolute atomic E-state index is 12.3. The molecule has 2 aromatic carbocycles. The number of hydrogen-bond donors (Lipinski definition) is 0. The molecule has 0 aliphatic carbocycles. The van der Waals surface area contributed by atoms with Crippen LogP contribution in [0.4, 0.5) is 5.69 Å². The third-order valence-corrected chi connectivity index (χ3v) is 4.19. The van der Waals surface area contributed by atoms with Crippen molar-refractivity contribution in [1.29, 1.82) is 0 Å². The van der Waals surface area contributed by atoms with Crippen LogP contribution in [-0.4, -0.2) is 29.5 Å². The second kappa shape index (κ2) is 8.96. The van der Waals surface area contributed by atoms with E-state index in [1.807, 2.05) is 20.8 Å². The first-order chi connectivity index (χ1) is 14.3. The molecule has 0 radical (unpaired) electrons. The molecule has 0 spiro atoms. The van der Waals surface area contributed by atoms with Gasteiger partial charge in [0, 0.05) is 17.7 Å². The Morgan fingerprint density at radius 3 is 2.73 bits per heavy atom. The zero-order chi connectivity index (χ0) is 21.8. The standard InChI is InChI=1S/C21H19ClN2O6/c1-4-28-18-10-13(8-16(22)19(18)29-12(2)3)9-17-21(25)30-20(23-17)14-6-5-7-15(11-14)24(26)27/h5-12H,4H2,1-3H3/b17-9-. The number of benzene rings is 2. The second-order valence-electron chi connectivity index (χ2n) is 6.57. The van der Waals surface area contributed by atoms with Crippen molar-refractivity contribution < 1.29 is 23.9 Å². The largest absolute Gasteiger partial charge is 0.490 e. The van der Waals surface area contributed by atoms with Gasteiger partial charge in [-0.1, -0.05) is 17.7 Å². The molecule has 1 aliphatic rings. The Morgan fingerprint density at radius 1 is 1.30 bits per heavy atom. The summed E-state index contributed by atoms with van der Waals surface area (Å²) in [6.45, 7) is 5.99. The van der Waals surface area contributed by atoms with Gasteiger partial charge in [0.2, 0.25) is 5.90 Å². The van der Waals surface area contributed by atoms with Crippen LogP contribution in [-0.2, 0) is 9.53 Å². The lowest BCUT2D eigenvalue weighted by Crippen LogP contribution is -2.08. The Kier molecular flexibility index (Phi) is 6.37. The van der Waals surface area contributed by atoms with Crippen molar-refractivity contribution in [3.05, 3.63) is 68.4 Å². The van der Waals surface area contributed by atoms with E-state index in [0.29, 0.717) is 34.3 Å². The number of cyclic esters (lactones) is 1. The van der Waals surface area contributed by atoms with Crippen molar-refractivity contribution in [2.24, 2.45) is 4.99 Å². The number of nitro benzene ring substituents is 1. The summed E-state index contributed by atoms with van der Waals surface area (Å²) in [5, 5.41) is 11.3. The summed E-state index contributed by atoms with van der Waals surface area (Å²) in [4.78, 5) is 26.9. The molecule has 8 nitrogen and oxygen atoms in total. The van der Waals surface area contributed by atoms with E-state index in [2.05, 4.69) is 4.99 Å². The number of nitrogens with zero attached hydrogens (tertiary/aromatic N) is 2. The van der Waals surface area contributed by atoms with E-state index in [1.165, 1.54) is 24.3 Å². The number of rotatable bonds is 7. The summed E-state index contributed by atoms with van der Waals surface area (Å²) < 4.78 is 16.5. The SMILES string of the molecule is CCOc1cc(/C=C2\N=C(c3cccc([N+](=O)[O-])c3)OC2=O)cc(Cl)c1OC(C)C. The first-order valence-electron chi connectivity index (χ1n) is 9.19. The van der Waals surface area contributed by atoms with E-state index in [-0.39, 0.29) is 23.4 Å². The molecule has 30 heavy (non-hydrogen) atoms. The molecule has 0 N–H and O–H groups in total. The molecule has 0 aromatic heterocycles. The maximum atomic E-state index is 12.3. The molecule has 0 bridgehead atoms. The Hall–Kier alpha value is -3.39. The summed E-state index contributed by atoms with van der Waals surface area (Å²) in [5.74, 6) is 0.184. The van der Waals surface area contributed by atoms with Crippen molar-refractivity contribution in [1.82, 2.24) is 0 Å². The number of halogens is 1. The average Bonchev–Trinajstić information content (AvgIpc) is 3.05. The minimum Gasteiger partial charge on any atom is -0.490 e. The average molecular weight is 431 g/mol. The van der Waals surface area contributed by atoms with Gasteiger partial charge in [-0.2, -0.15) is 0 Å². The third kappa shape index (κ3) is 4.77. The third-order valence-electron chi connectivity index (χ3n) is 3.91. The molecule has 9 heteroatoms. The lowest BCUT2D eigenvalue weighted by atomic mass is 10.1. The van der Waals surface area contributed by atoms with Gasteiger partial charge in [0.15, 0.2) is 17.2 Å². The van der Waals surface area contributed by atoms with E-state index in [9.17, 15) is 14.9 Å². The van der Waals surface area contributed by atoms with Crippen LogP contribution < -0.4 is 9.47 Å². The predicted octanol–water partition coefficient (Wildman–Crippen LogP) is 4.78. The summed E-state index contributed by atoms with van der Waals surface area (Å²) in [6.07, 6.45) is 1.40. The Morgan fingerprint density at radius 2 is 2.07 bits per heavy atom. The lowest BCUT2D eigenvalue weighted by molar-refractivity contribution is -0.384. The van der Waals surface area contributed by atoms with Crippen LogP contribution in [0.5, 0.6) is 11.5 Å². The fourth-order valence-corrected chi connectivity index (χ4v) is 2.99. The lowest BCUT2D eigenvalue weighted by Gasteiger charge is -2.16. The first kappa shape index (κ1) is 21.3. The quantitative estimate of drug-likeness (QED) is 0.271. The predicted molar refractivity (Wildman–Crippen MR) is 112 cm³/mol. The summed E-state index contributed by atoms with van der Waals surface area (Å²) in [5.41, 5.74) is 0.801. The van der Waals surface area contributed by atoms with Gasteiger partial charge in [0.1, 0.15) is 0 Å². The van der Waals surface area contributed by atoms with Crippen molar-refractivity contribution in [2.75, 3.05) is 6.61 Å². The second-order valence-corrected chi connectivity index (χ2v) is 6.98. The van der Waals surface area contributed by atoms with Crippen LogP contribution in [0.15, 0.2) is 47.1 Å². The van der Waals surface area contributed by atoms with E-state index >= 15 is 0 Å². The van der Waals surface area contributed by atoms with Crippen molar-refractivity contribution in [3.63, 3.8) is 0 Å². The number of carbonyl (C=O) groups excluding carboxylic acids is 1. The zero-order valence-electron chi connectivity index (χ0n) is 16.5. The van der Waals surface area contributed by atoms with Crippen LogP contribution in [0.1, 0.15) is 31.9 Å². The van der Waals surface area contributed by atoms with Crippen LogP contribution in [0.2, 0.25) is 5.02 Å². The number of carbonyl (C=O) groups is 1. The van der Waals surface area contributed by atoms with Crippen molar-refractivity contribution in [2.45, 2.75) is 26.9 Å². The Balaban J connectivity index is 1.97. The molecule has 0 saturated heterocycles. The molecule has 0 unspecified atom stereocenters. The normalized spacial score (nSPS) is 14.6. The highest BCUT2D eigenvalue weighted by Gasteiger charge is 2.25. The summed E-state index contributed by atoms with van der Waals surface area (Å²) in [7, 11) is 0. The molecular formula is C21H19ClN2O6. The summed E-state index contributed by atoms with van der Waals surface area (Å²) in [6, 6.07) is 9.02. The highest BCUT2D eigenvalue weighted by Crippen LogP contribution is 2.38. The van der Waals surface area contributed by atoms with Gasteiger partial charge in [-0.15, -0.1) is 0 Å². The highest BCUT2D eigenvalue weighted by molar-refractivity contribution is 6.32. The molecule has 156 valence electrons. The number of hydrogen-bond acceptors (Lipinski definition) is 7. The topological polar surface area (TPSA) is 100 Å². The number of ether oxygens (including phenoxy) is 3. The van der Waals surface area contributed by atoms with E-state index in [4.69, 9.17) is 25.8 Å². The molecular weight excluding hydrogens is 412 g/mol. The van der Waals surface area contributed by atoms with E-state index < -0.39 is 10.9 Å². The van der Waals surface area contributed by atoms with Crippen LogP contribution in [0.25, 0.3) is 6.08 Å². The zero-order valence-corrected chi connectivity index (χ0v) is 17.3. The number of nitro groups is 1. The van der Waals surface area contributed by atoms with Crippen molar-refractivity contribution >= 4 is 35.2 Å². The van der Waals surface area contributed by atoms with Gasteiger partial charge in [0.25, 0.3) is 5.69 Å². The van der Waals surface area contributed by atoms with Gasteiger partial charge < -0.3 is 14.2 Å². The number of non-ortho nitro benzene ring substituents is 1. The molecule has 3 rings (SSSR count). The molecule has 0 fully saturated rings. The Labute approximate surface area is 177 Å².